The van der Waals surface area contributed by atoms with Crippen LogP contribution in [0.3, 0.4) is 0 Å². The molecule has 1 aromatic carbocycles. The quantitative estimate of drug-likeness (QED) is 0.898. The molecule has 0 atom stereocenters. The van der Waals surface area contributed by atoms with E-state index in [-0.39, 0.29) is 6.03 Å². The fraction of sp³-hybridized carbons (Fsp3) is 0.562. The molecule has 0 unspecified atom stereocenters. The van der Waals surface area contributed by atoms with Gasteiger partial charge in [-0.2, -0.15) is 0 Å². The van der Waals surface area contributed by atoms with E-state index < -0.39 is 0 Å². The molecule has 1 aromatic rings. The van der Waals surface area contributed by atoms with Crippen molar-refractivity contribution in [3.05, 3.63) is 35.9 Å². The van der Waals surface area contributed by atoms with Crippen LogP contribution in [0, 0.1) is 5.92 Å². The largest absolute Gasteiger partial charge is 0.381 e. The lowest BCUT2D eigenvalue weighted by Gasteiger charge is -2.25. The summed E-state index contributed by atoms with van der Waals surface area (Å²) in [4.78, 5) is 14.0. The number of carbonyl (C=O) groups excluding carboxylic acids is 1. The molecule has 1 saturated heterocycles. The van der Waals surface area contributed by atoms with Gasteiger partial charge in [-0.15, -0.1) is 0 Å². The van der Waals surface area contributed by atoms with E-state index in [2.05, 4.69) is 17.4 Å². The molecule has 1 fully saturated rings. The number of hydrogen-bond donors (Lipinski definition) is 1. The van der Waals surface area contributed by atoms with Crippen LogP contribution in [0.1, 0.15) is 25.3 Å². The minimum atomic E-state index is 0.0304. The van der Waals surface area contributed by atoms with Crippen LogP contribution in [0.2, 0.25) is 0 Å². The van der Waals surface area contributed by atoms with Crippen LogP contribution in [0.5, 0.6) is 0 Å². The second-order valence-corrected chi connectivity index (χ2v) is 5.24. The summed E-state index contributed by atoms with van der Waals surface area (Å²) in [6, 6.07) is 10.1. The van der Waals surface area contributed by atoms with Gasteiger partial charge in [0.15, 0.2) is 0 Å². The number of benzene rings is 1. The van der Waals surface area contributed by atoms with E-state index in [0.717, 1.165) is 38.2 Å². The van der Waals surface area contributed by atoms with Crippen LogP contribution < -0.4 is 5.32 Å². The van der Waals surface area contributed by atoms with Crippen LogP contribution >= 0.6 is 0 Å². The van der Waals surface area contributed by atoms with Gasteiger partial charge in [0.2, 0.25) is 0 Å². The predicted octanol–water partition coefficient (Wildman–Crippen LogP) is 2.64. The molecule has 1 aliphatic rings. The van der Waals surface area contributed by atoms with Gasteiger partial charge in [-0.3, -0.25) is 0 Å². The monoisotopic (exact) mass is 276 g/mol. The van der Waals surface area contributed by atoms with Crippen LogP contribution in [-0.4, -0.2) is 37.2 Å². The van der Waals surface area contributed by atoms with Gasteiger partial charge in [-0.1, -0.05) is 30.3 Å². The third-order valence-electron chi connectivity index (χ3n) is 3.77. The van der Waals surface area contributed by atoms with E-state index >= 15 is 0 Å². The summed E-state index contributed by atoms with van der Waals surface area (Å²) in [6.45, 7) is 5.79. The average molecular weight is 276 g/mol. The zero-order chi connectivity index (χ0) is 14.2. The fourth-order valence-corrected chi connectivity index (χ4v) is 2.42. The van der Waals surface area contributed by atoms with Gasteiger partial charge in [0.25, 0.3) is 0 Å². The zero-order valence-electron chi connectivity index (χ0n) is 12.2. The molecule has 1 heterocycles. The van der Waals surface area contributed by atoms with Gasteiger partial charge >= 0.3 is 6.03 Å². The molecule has 110 valence electrons. The van der Waals surface area contributed by atoms with Gasteiger partial charge in [0.1, 0.15) is 0 Å². The summed E-state index contributed by atoms with van der Waals surface area (Å²) in [5.41, 5.74) is 1.16. The first-order valence-corrected chi connectivity index (χ1v) is 7.44. The molecule has 1 aliphatic heterocycles. The smallest absolute Gasteiger partial charge is 0.317 e. The van der Waals surface area contributed by atoms with Crippen LogP contribution in [0.15, 0.2) is 30.3 Å². The summed E-state index contributed by atoms with van der Waals surface area (Å²) in [6.07, 6.45) is 2.09. The third kappa shape index (κ3) is 4.53. The summed E-state index contributed by atoms with van der Waals surface area (Å²) < 4.78 is 5.33. The number of amides is 2. The van der Waals surface area contributed by atoms with Gasteiger partial charge in [-0.25, -0.2) is 4.79 Å². The molecule has 0 bridgehead atoms. The van der Waals surface area contributed by atoms with E-state index in [1.54, 1.807) is 0 Å². The van der Waals surface area contributed by atoms with Crippen LogP contribution in [-0.2, 0) is 11.3 Å². The van der Waals surface area contributed by atoms with Crippen molar-refractivity contribution in [2.45, 2.75) is 26.3 Å². The number of urea groups is 1. The Balaban J connectivity index is 1.79. The molecule has 0 radical (unpaired) electrons. The second-order valence-electron chi connectivity index (χ2n) is 5.24. The maximum atomic E-state index is 12.2. The summed E-state index contributed by atoms with van der Waals surface area (Å²) in [5.74, 6) is 0.558. The molecule has 2 amide bonds. The molecule has 0 aromatic heterocycles. The van der Waals surface area contributed by atoms with E-state index in [0.29, 0.717) is 19.0 Å². The van der Waals surface area contributed by atoms with Crippen molar-refractivity contribution in [1.29, 1.82) is 0 Å². The SMILES string of the molecule is CCN(Cc1ccccc1)C(=O)NCC1CCOCC1. The molecule has 0 aliphatic carbocycles. The van der Waals surface area contributed by atoms with Gasteiger partial charge in [0, 0.05) is 32.8 Å². The van der Waals surface area contributed by atoms with E-state index in [1.807, 2.05) is 30.0 Å². The molecule has 0 spiro atoms. The number of rotatable bonds is 5. The molecule has 1 N–H and O–H groups in total. The topological polar surface area (TPSA) is 41.6 Å². The molecule has 4 heteroatoms. The zero-order valence-corrected chi connectivity index (χ0v) is 12.2. The Labute approximate surface area is 121 Å². The Kier molecular flexibility index (Phi) is 5.87. The lowest BCUT2D eigenvalue weighted by Crippen LogP contribution is -2.42. The number of nitrogens with one attached hydrogen (secondary N) is 1. The number of hydrogen-bond acceptors (Lipinski definition) is 2. The first-order chi connectivity index (χ1) is 9.79. The standard InChI is InChI=1S/C16H24N2O2/c1-2-18(13-15-6-4-3-5-7-15)16(19)17-12-14-8-10-20-11-9-14/h3-7,14H,2,8-13H2,1H3,(H,17,19). The van der Waals surface area contributed by atoms with Crippen LogP contribution in [0.25, 0.3) is 0 Å². The minimum Gasteiger partial charge on any atom is -0.381 e. The lowest BCUT2D eigenvalue weighted by molar-refractivity contribution is 0.0664. The maximum Gasteiger partial charge on any atom is 0.317 e. The van der Waals surface area contributed by atoms with Gasteiger partial charge < -0.3 is 15.0 Å². The van der Waals surface area contributed by atoms with E-state index in [1.165, 1.54) is 0 Å². The molecular weight excluding hydrogens is 252 g/mol. The normalized spacial score (nSPS) is 15.8. The minimum absolute atomic E-state index is 0.0304. The van der Waals surface area contributed by atoms with Crippen molar-refractivity contribution >= 4 is 6.03 Å². The molecule has 0 saturated carbocycles. The molecule has 2 rings (SSSR count). The van der Waals surface area contributed by atoms with E-state index in [4.69, 9.17) is 4.74 Å². The summed E-state index contributed by atoms with van der Waals surface area (Å²) in [5, 5.41) is 3.06. The second kappa shape index (κ2) is 7.90. The Bertz CT molecular complexity index is 402. The molecular formula is C16H24N2O2. The summed E-state index contributed by atoms with van der Waals surface area (Å²) in [7, 11) is 0. The highest BCUT2D eigenvalue weighted by molar-refractivity contribution is 5.74. The van der Waals surface area contributed by atoms with Crippen molar-refractivity contribution in [3.8, 4) is 0 Å². The van der Waals surface area contributed by atoms with Gasteiger partial charge in [0.05, 0.1) is 0 Å². The fourth-order valence-electron chi connectivity index (χ4n) is 2.42. The van der Waals surface area contributed by atoms with Crippen LogP contribution in [0.4, 0.5) is 4.79 Å². The third-order valence-corrected chi connectivity index (χ3v) is 3.77. The first-order valence-electron chi connectivity index (χ1n) is 7.44. The van der Waals surface area contributed by atoms with Gasteiger partial charge in [-0.05, 0) is 31.2 Å². The number of carbonyl (C=O) groups is 1. The summed E-state index contributed by atoms with van der Waals surface area (Å²) >= 11 is 0. The Morgan fingerprint density at radius 3 is 2.65 bits per heavy atom. The number of nitrogens with zero attached hydrogens (tertiary/aromatic N) is 1. The maximum absolute atomic E-state index is 12.2. The highest BCUT2D eigenvalue weighted by atomic mass is 16.5. The average Bonchev–Trinajstić information content (AvgIpc) is 2.52. The first kappa shape index (κ1) is 14.9. The van der Waals surface area contributed by atoms with Crippen molar-refractivity contribution in [2.24, 2.45) is 5.92 Å². The van der Waals surface area contributed by atoms with Crippen molar-refractivity contribution in [2.75, 3.05) is 26.3 Å². The van der Waals surface area contributed by atoms with Crippen molar-refractivity contribution in [3.63, 3.8) is 0 Å². The molecule has 4 nitrogen and oxygen atoms in total. The Morgan fingerprint density at radius 1 is 1.30 bits per heavy atom. The highest BCUT2D eigenvalue weighted by Gasteiger charge is 2.17. The number of ether oxygens (including phenoxy) is 1. The van der Waals surface area contributed by atoms with E-state index in [9.17, 15) is 4.79 Å². The lowest BCUT2D eigenvalue weighted by atomic mass is 10.0. The highest BCUT2D eigenvalue weighted by Crippen LogP contribution is 2.13. The van der Waals surface area contributed by atoms with Crippen molar-refractivity contribution < 1.29 is 9.53 Å². The Hall–Kier alpha value is -1.55. The Morgan fingerprint density at radius 2 is 2.00 bits per heavy atom. The molecule has 20 heavy (non-hydrogen) atoms. The predicted molar refractivity (Wildman–Crippen MR) is 79.5 cm³/mol. The van der Waals surface area contributed by atoms with Crippen molar-refractivity contribution in [1.82, 2.24) is 10.2 Å².